The second kappa shape index (κ2) is 14.9. The largest absolute Gasteiger partial charge is 0.130 e. The molecule has 0 radical (unpaired) electrons. The van der Waals surface area contributed by atoms with Crippen LogP contribution < -0.4 is 0 Å². The molecule has 0 N–H and O–H groups in total. The zero-order chi connectivity index (χ0) is 16.7. The lowest BCUT2D eigenvalue weighted by molar-refractivity contribution is 1.47. The summed E-state index contributed by atoms with van der Waals surface area (Å²) in [5, 5.41) is 0. The molecule has 0 aromatic heterocycles. The summed E-state index contributed by atoms with van der Waals surface area (Å²) >= 11 is 0. The van der Waals surface area contributed by atoms with Crippen molar-refractivity contribution < 1.29 is 0 Å². The maximum atomic E-state index is 2.20. The van der Waals surface area contributed by atoms with Gasteiger partial charge in [-0.25, -0.2) is 0 Å². The Morgan fingerprint density at radius 2 is 1.05 bits per heavy atom. The number of benzene rings is 2. The van der Waals surface area contributed by atoms with Crippen LogP contribution >= 0.6 is 0 Å². The summed E-state index contributed by atoms with van der Waals surface area (Å²) in [6, 6.07) is 19.0. The van der Waals surface area contributed by atoms with Gasteiger partial charge in [-0.1, -0.05) is 108 Å². The van der Waals surface area contributed by atoms with Crippen LogP contribution in [-0.4, -0.2) is 6.71 Å². The van der Waals surface area contributed by atoms with Gasteiger partial charge in [0.2, 0.25) is 0 Å². The Labute approximate surface area is 133 Å². The second-order valence-corrected chi connectivity index (χ2v) is 4.97. The molecule has 0 aliphatic carbocycles. The van der Waals surface area contributed by atoms with E-state index in [2.05, 4.69) is 75.9 Å². The molecule has 0 saturated carbocycles. The first-order valence-corrected chi connectivity index (χ1v) is 8.21. The highest BCUT2D eigenvalue weighted by atomic mass is 14.0. The van der Waals surface area contributed by atoms with Crippen molar-refractivity contribution in [1.29, 1.82) is 0 Å². The fourth-order valence-electron chi connectivity index (χ4n) is 1.46. The summed E-state index contributed by atoms with van der Waals surface area (Å²) in [4.78, 5) is 0. The number of hydrogen-bond donors (Lipinski definition) is 0. The monoisotopic (exact) mass is 284 g/mol. The summed E-state index contributed by atoms with van der Waals surface area (Å²) in [5.41, 5.74) is 3.88. The Hall–Kier alpha value is -1.50. The maximum absolute atomic E-state index is 2.20. The van der Waals surface area contributed by atoms with Gasteiger partial charge in [0.1, 0.15) is 6.71 Å². The van der Waals surface area contributed by atoms with Gasteiger partial charge in [0.15, 0.2) is 0 Å². The van der Waals surface area contributed by atoms with Crippen molar-refractivity contribution in [2.75, 3.05) is 0 Å². The van der Waals surface area contributed by atoms with Crippen LogP contribution in [0.4, 0.5) is 0 Å². The van der Waals surface area contributed by atoms with Crippen LogP contribution in [-0.2, 0) is 0 Å². The van der Waals surface area contributed by atoms with E-state index < -0.39 is 0 Å². The van der Waals surface area contributed by atoms with Crippen LogP contribution in [0.1, 0.15) is 33.3 Å². The lowest BCUT2D eigenvalue weighted by atomic mass is 9.58. The molecule has 0 nitrogen and oxygen atoms in total. The van der Waals surface area contributed by atoms with Gasteiger partial charge < -0.3 is 0 Å². The van der Waals surface area contributed by atoms with E-state index in [1.807, 2.05) is 33.8 Å². The molecule has 0 fully saturated rings. The molecule has 21 heavy (non-hydrogen) atoms. The molecule has 1 heteroatoms. The van der Waals surface area contributed by atoms with E-state index in [0.29, 0.717) is 0 Å². The van der Waals surface area contributed by atoms with Crippen molar-refractivity contribution in [1.82, 2.24) is 0 Å². The third kappa shape index (κ3) is 12.0. The summed E-state index contributed by atoms with van der Waals surface area (Å²) in [6.45, 7) is 17.5. The molecular formula is C20H33B. The van der Waals surface area contributed by atoms with Crippen LogP contribution in [0.3, 0.4) is 0 Å². The molecule has 0 aliphatic heterocycles. The van der Waals surface area contributed by atoms with E-state index in [-0.39, 0.29) is 0 Å². The Balaban J connectivity index is 0. The van der Waals surface area contributed by atoms with Gasteiger partial charge >= 0.3 is 0 Å². The minimum absolute atomic E-state index is 0.833. The molecule has 0 aliphatic rings. The Morgan fingerprint density at radius 1 is 0.619 bits per heavy atom. The molecule has 0 saturated heterocycles. The third-order valence-corrected chi connectivity index (χ3v) is 2.13. The SMILES string of the molecule is CB(C)C.CC.CC.Cc1cccc(-c2ccccc2)c1. The summed E-state index contributed by atoms with van der Waals surface area (Å²) in [7, 11) is 0. The molecule has 0 spiro atoms. The number of aryl methyl sites for hydroxylation is 1. The standard InChI is InChI=1S/C13H12.C3H9B.2C2H6/c1-11-6-5-9-13(10-11)12-7-3-2-4-8-12;1-4(2)3;2*1-2/h2-10H,1H3;1-3H3;2*1-2H3. The van der Waals surface area contributed by atoms with E-state index in [0.717, 1.165) is 6.71 Å². The van der Waals surface area contributed by atoms with Crippen LogP contribution in [0.2, 0.25) is 20.5 Å². The second-order valence-electron chi connectivity index (χ2n) is 4.97. The lowest BCUT2D eigenvalue weighted by Crippen LogP contribution is -1.84. The minimum atomic E-state index is 0.833. The molecule has 0 atom stereocenters. The molecule has 0 bridgehead atoms. The highest BCUT2D eigenvalue weighted by Gasteiger charge is 1.94. The predicted molar refractivity (Wildman–Crippen MR) is 103 cm³/mol. The average Bonchev–Trinajstić information content (AvgIpc) is 2.52. The van der Waals surface area contributed by atoms with E-state index in [4.69, 9.17) is 0 Å². The fraction of sp³-hybridized carbons (Fsp3) is 0.400. The van der Waals surface area contributed by atoms with E-state index >= 15 is 0 Å². The first-order valence-electron chi connectivity index (χ1n) is 8.21. The smallest absolute Gasteiger partial charge is 0.0865 e. The van der Waals surface area contributed by atoms with Crippen molar-refractivity contribution in [2.24, 2.45) is 0 Å². The van der Waals surface area contributed by atoms with Crippen molar-refractivity contribution in [2.45, 2.75) is 55.1 Å². The predicted octanol–water partition coefficient (Wildman–Crippen LogP) is 7.09. The molecule has 0 heterocycles. The highest BCUT2D eigenvalue weighted by Crippen LogP contribution is 2.19. The van der Waals surface area contributed by atoms with Crippen molar-refractivity contribution in [3.8, 4) is 11.1 Å². The van der Waals surface area contributed by atoms with Crippen LogP contribution in [0, 0.1) is 6.92 Å². The van der Waals surface area contributed by atoms with Gasteiger partial charge in [0.05, 0.1) is 0 Å². The first kappa shape index (κ1) is 21.8. The molecule has 116 valence electrons. The van der Waals surface area contributed by atoms with Gasteiger partial charge in [0.25, 0.3) is 0 Å². The zero-order valence-electron chi connectivity index (χ0n) is 15.3. The van der Waals surface area contributed by atoms with Crippen LogP contribution in [0.5, 0.6) is 0 Å². The fourth-order valence-corrected chi connectivity index (χ4v) is 1.46. The van der Waals surface area contributed by atoms with Gasteiger partial charge in [-0.15, -0.1) is 0 Å². The molecule has 2 aromatic rings. The summed E-state index contributed by atoms with van der Waals surface area (Å²) in [6.07, 6.45) is 0. The summed E-state index contributed by atoms with van der Waals surface area (Å²) < 4.78 is 0. The van der Waals surface area contributed by atoms with E-state index in [1.165, 1.54) is 16.7 Å². The Kier molecular flexibility index (Phi) is 15.5. The van der Waals surface area contributed by atoms with E-state index in [9.17, 15) is 0 Å². The van der Waals surface area contributed by atoms with Gasteiger partial charge in [-0.3, -0.25) is 0 Å². The molecule has 0 unspecified atom stereocenters. The van der Waals surface area contributed by atoms with Crippen LogP contribution in [0.25, 0.3) is 11.1 Å². The number of hydrogen-bond acceptors (Lipinski definition) is 0. The normalized spacial score (nSPS) is 8.00. The van der Waals surface area contributed by atoms with Crippen LogP contribution in [0.15, 0.2) is 54.6 Å². The third-order valence-electron chi connectivity index (χ3n) is 2.13. The van der Waals surface area contributed by atoms with Crippen molar-refractivity contribution in [3.05, 3.63) is 60.2 Å². The Morgan fingerprint density at radius 3 is 1.48 bits per heavy atom. The van der Waals surface area contributed by atoms with Crippen molar-refractivity contribution in [3.63, 3.8) is 0 Å². The average molecular weight is 284 g/mol. The Bertz CT molecular complexity index is 430. The van der Waals surface area contributed by atoms with Gasteiger partial charge in [0, 0.05) is 0 Å². The molecule has 2 rings (SSSR count). The number of rotatable bonds is 1. The topological polar surface area (TPSA) is 0 Å². The van der Waals surface area contributed by atoms with Crippen molar-refractivity contribution >= 4 is 6.71 Å². The lowest BCUT2D eigenvalue weighted by Gasteiger charge is -2.01. The molecule has 2 aromatic carbocycles. The maximum Gasteiger partial charge on any atom is 0.130 e. The zero-order valence-corrected chi connectivity index (χ0v) is 15.3. The van der Waals surface area contributed by atoms with E-state index in [1.54, 1.807) is 0 Å². The van der Waals surface area contributed by atoms with Gasteiger partial charge in [-0.2, -0.15) is 0 Å². The summed E-state index contributed by atoms with van der Waals surface area (Å²) in [5.74, 6) is 0. The molecule has 0 amide bonds. The minimum Gasteiger partial charge on any atom is -0.0865 e. The quantitative estimate of drug-likeness (QED) is 0.490. The highest BCUT2D eigenvalue weighted by molar-refractivity contribution is 6.54. The molecular weight excluding hydrogens is 251 g/mol. The first-order chi connectivity index (χ1) is 10.1. The van der Waals surface area contributed by atoms with Gasteiger partial charge in [-0.05, 0) is 18.1 Å².